The van der Waals surface area contributed by atoms with Crippen LogP contribution in [0.2, 0.25) is 0 Å². The summed E-state index contributed by atoms with van der Waals surface area (Å²) >= 11 is 3.23. The van der Waals surface area contributed by atoms with E-state index in [1.807, 2.05) is 6.07 Å². The molecular formula is C25H17BrF3NO3. The van der Waals surface area contributed by atoms with E-state index < -0.39 is 35.5 Å². The second-order valence-corrected chi connectivity index (χ2v) is 9.05. The van der Waals surface area contributed by atoms with Crippen LogP contribution < -0.4 is 4.90 Å². The van der Waals surface area contributed by atoms with Gasteiger partial charge in [0.15, 0.2) is 0 Å². The van der Waals surface area contributed by atoms with Crippen molar-refractivity contribution in [3.05, 3.63) is 100 Å². The molecule has 0 unspecified atom stereocenters. The fourth-order valence-electron chi connectivity index (χ4n) is 5.05. The molecule has 3 aromatic carbocycles. The zero-order chi connectivity index (χ0) is 23.4. The van der Waals surface area contributed by atoms with Crippen molar-refractivity contribution in [2.75, 3.05) is 4.90 Å². The molecule has 2 aliphatic heterocycles. The molecule has 0 aromatic heterocycles. The first-order valence-corrected chi connectivity index (χ1v) is 11.0. The lowest BCUT2D eigenvalue weighted by atomic mass is 9.64. The molecule has 3 aromatic rings. The van der Waals surface area contributed by atoms with Crippen molar-refractivity contribution in [1.29, 1.82) is 0 Å². The monoisotopic (exact) mass is 515 g/mol. The Labute approximate surface area is 196 Å². The summed E-state index contributed by atoms with van der Waals surface area (Å²) in [6.45, 7) is 0.0703. The molecule has 0 bridgehead atoms. The maximum absolute atomic E-state index is 15.0. The van der Waals surface area contributed by atoms with Gasteiger partial charge in [-0.3, -0.25) is 9.59 Å². The number of hydrogen-bond acceptors (Lipinski definition) is 3. The summed E-state index contributed by atoms with van der Waals surface area (Å²) in [7, 11) is 0. The Bertz CT molecular complexity index is 1250. The van der Waals surface area contributed by atoms with Gasteiger partial charge in [0.2, 0.25) is 5.91 Å². The Hall–Kier alpha value is -3.13. The topological polar surface area (TPSA) is 46.6 Å². The maximum atomic E-state index is 15.0. The second kappa shape index (κ2) is 7.45. The minimum Gasteiger partial charge on any atom is -0.443 e. The summed E-state index contributed by atoms with van der Waals surface area (Å²) < 4.78 is 50.8. The number of fused-ring (bicyclic) bond motifs is 2. The number of alkyl halides is 3. The summed E-state index contributed by atoms with van der Waals surface area (Å²) in [6.07, 6.45) is -5.76. The van der Waals surface area contributed by atoms with Crippen LogP contribution in [-0.4, -0.2) is 18.1 Å². The SMILES string of the molecule is O=C1C[C@@]2(C(=O)N(Cc3ccccc3)c3ccccc32)[C@](c2ccc(Br)cc2)(C(F)(F)F)O1. The van der Waals surface area contributed by atoms with Gasteiger partial charge in [-0.15, -0.1) is 0 Å². The van der Waals surface area contributed by atoms with Crippen molar-refractivity contribution >= 4 is 33.5 Å². The van der Waals surface area contributed by atoms with E-state index in [0.29, 0.717) is 10.2 Å². The van der Waals surface area contributed by atoms with Crippen LogP contribution in [-0.2, 0) is 31.9 Å². The van der Waals surface area contributed by atoms with E-state index in [9.17, 15) is 9.59 Å². The number of halogens is 4. The summed E-state index contributed by atoms with van der Waals surface area (Å²) in [4.78, 5) is 28.0. The molecule has 2 atom stereocenters. The predicted molar refractivity (Wildman–Crippen MR) is 118 cm³/mol. The van der Waals surface area contributed by atoms with Crippen molar-refractivity contribution in [2.45, 2.75) is 30.2 Å². The van der Waals surface area contributed by atoms with Gasteiger partial charge in [0.1, 0.15) is 5.41 Å². The molecule has 0 saturated carbocycles. The molecule has 0 aliphatic carbocycles. The molecule has 0 N–H and O–H groups in total. The molecule has 8 heteroatoms. The summed E-state index contributed by atoms with van der Waals surface area (Å²) in [5, 5.41) is 0. The van der Waals surface area contributed by atoms with Crippen LogP contribution in [0.3, 0.4) is 0 Å². The van der Waals surface area contributed by atoms with Crippen LogP contribution in [0.1, 0.15) is 23.1 Å². The van der Waals surface area contributed by atoms with E-state index in [1.165, 1.54) is 35.2 Å². The van der Waals surface area contributed by atoms with Gasteiger partial charge in [0.25, 0.3) is 5.60 Å². The lowest BCUT2D eigenvalue weighted by Crippen LogP contribution is -2.60. The van der Waals surface area contributed by atoms with E-state index in [-0.39, 0.29) is 17.7 Å². The lowest BCUT2D eigenvalue weighted by Gasteiger charge is -2.41. The number of anilines is 1. The highest BCUT2D eigenvalue weighted by Crippen LogP contribution is 2.64. The normalized spacial score (nSPS) is 24.3. The number of esters is 1. The quantitative estimate of drug-likeness (QED) is 0.424. The highest BCUT2D eigenvalue weighted by Gasteiger charge is 2.80. The number of rotatable bonds is 3. The van der Waals surface area contributed by atoms with Crippen molar-refractivity contribution < 1.29 is 27.5 Å². The predicted octanol–water partition coefficient (Wildman–Crippen LogP) is 5.64. The Kier molecular flexibility index (Phi) is 4.90. The molecule has 168 valence electrons. The number of amides is 1. The zero-order valence-corrected chi connectivity index (χ0v) is 18.7. The molecule has 1 amide bonds. The summed E-state index contributed by atoms with van der Waals surface area (Å²) in [6, 6.07) is 20.7. The molecule has 4 nitrogen and oxygen atoms in total. The van der Waals surface area contributed by atoms with Crippen molar-refractivity contribution in [3.8, 4) is 0 Å². The van der Waals surface area contributed by atoms with Crippen LogP contribution in [0.25, 0.3) is 0 Å². The van der Waals surface area contributed by atoms with E-state index in [0.717, 1.165) is 5.56 Å². The van der Waals surface area contributed by atoms with Crippen LogP contribution in [0, 0.1) is 0 Å². The molecular weight excluding hydrogens is 499 g/mol. The zero-order valence-electron chi connectivity index (χ0n) is 17.1. The number of hydrogen-bond donors (Lipinski definition) is 0. The third kappa shape index (κ3) is 2.96. The second-order valence-electron chi connectivity index (χ2n) is 8.14. The van der Waals surface area contributed by atoms with Gasteiger partial charge >= 0.3 is 12.1 Å². The number of ether oxygens (including phenoxy) is 1. The molecule has 0 radical (unpaired) electrons. The number of para-hydroxylation sites is 1. The van der Waals surface area contributed by atoms with Gasteiger partial charge in [-0.1, -0.05) is 76.6 Å². The number of nitrogens with zero attached hydrogens (tertiary/aromatic N) is 1. The number of cyclic esters (lactones) is 1. The minimum atomic E-state index is -5.06. The number of benzene rings is 3. The van der Waals surface area contributed by atoms with Crippen LogP contribution >= 0.6 is 15.9 Å². The molecule has 2 aliphatic rings. The molecule has 33 heavy (non-hydrogen) atoms. The van der Waals surface area contributed by atoms with E-state index >= 15 is 13.2 Å². The van der Waals surface area contributed by atoms with Crippen molar-refractivity contribution in [1.82, 2.24) is 0 Å². The van der Waals surface area contributed by atoms with E-state index in [4.69, 9.17) is 4.74 Å². The maximum Gasteiger partial charge on any atom is 0.434 e. The van der Waals surface area contributed by atoms with Crippen LogP contribution in [0.4, 0.5) is 18.9 Å². The summed E-state index contributed by atoms with van der Waals surface area (Å²) in [5.74, 6) is -1.88. The minimum absolute atomic E-state index is 0.0703. The van der Waals surface area contributed by atoms with Crippen LogP contribution in [0.5, 0.6) is 0 Å². The van der Waals surface area contributed by atoms with Gasteiger partial charge in [-0.25, -0.2) is 0 Å². The largest absolute Gasteiger partial charge is 0.443 e. The first-order valence-electron chi connectivity index (χ1n) is 10.2. The number of carbonyl (C=O) groups is 2. The van der Waals surface area contributed by atoms with Gasteiger partial charge in [-0.2, -0.15) is 13.2 Å². The van der Waals surface area contributed by atoms with Crippen LogP contribution in [0.15, 0.2) is 83.3 Å². The third-order valence-electron chi connectivity index (χ3n) is 6.38. The Morgan fingerprint density at radius 2 is 1.55 bits per heavy atom. The van der Waals surface area contributed by atoms with Gasteiger partial charge < -0.3 is 9.64 Å². The highest BCUT2D eigenvalue weighted by molar-refractivity contribution is 9.10. The summed E-state index contributed by atoms with van der Waals surface area (Å²) in [5.41, 5.74) is -4.50. The highest BCUT2D eigenvalue weighted by atomic mass is 79.9. The third-order valence-corrected chi connectivity index (χ3v) is 6.90. The Morgan fingerprint density at radius 1 is 0.909 bits per heavy atom. The first kappa shape index (κ1) is 21.7. The molecule has 1 saturated heterocycles. The molecule has 1 fully saturated rings. The average molecular weight is 516 g/mol. The van der Waals surface area contributed by atoms with Gasteiger partial charge in [0.05, 0.1) is 13.0 Å². The Balaban J connectivity index is 1.78. The Morgan fingerprint density at radius 3 is 2.21 bits per heavy atom. The smallest absolute Gasteiger partial charge is 0.434 e. The average Bonchev–Trinajstić information content (AvgIpc) is 3.24. The molecule has 2 heterocycles. The number of carbonyl (C=O) groups excluding carboxylic acids is 2. The van der Waals surface area contributed by atoms with Gasteiger partial charge in [-0.05, 0) is 29.3 Å². The van der Waals surface area contributed by atoms with Crippen molar-refractivity contribution in [2.24, 2.45) is 0 Å². The van der Waals surface area contributed by atoms with E-state index in [1.54, 1.807) is 42.5 Å². The van der Waals surface area contributed by atoms with Crippen molar-refractivity contribution in [3.63, 3.8) is 0 Å². The fraction of sp³-hybridized carbons (Fsp3) is 0.200. The fourth-order valence-corrected chi connectivity index (χ4v) is 5.31. The first-order chi connectivity index (χ1) is 15.7. The standard InChI is InChI=1S/C25H17BrF3NO3/c26-18-12-10-17(11-13-18)24(25(27,28)29)23(14-21(31)33-24)19-8-4-5-9-20(19)30(22(23)32)15-16-6-2-1-3-7-16/h1-13H,14-15H2/t23-,24-/m1/s1. The van der Waals surface area contributed by atoms with E-state index in [2.05, 4.69) is 15.9 Å². The lowest BCUT2D eigenvalue weighted by molar-refractivity contribution is -0.279. The van der Waals surface area contributed by atoms with Gasteiger partial charge in [0, 0.05) is 15.7 Å². The molecule has 1 spiro atoms. The molecule has 5 rings (SSSR count).